The number of nitrogens with zero attached hydrogens (tertiary/aromatic N) is 3. The molecule has 0 bridgehead atoms. The van der Waals surface area contributed by atoms with E-state index in [9.17, 15) is 4.79 Å². The molecule has 0 spiro atoms. The van der Waals surface area contributed by atoms with Gasteiger partial charge in [-0.05, 0) is 23.3 Å². The van der Waals surface area contributed by atoms with Crippen molar-refractivity contribution in [2.75, 3.05) is 5.32 Å². The maximum Gasteiger partial charge on any atom is 0.273 e. The van der Waals surface area contributed by atoms with Gasteiger partial charge in [0.1, 0.15) is 5.71 Å². The van der Waals surface area contributed by atoms with Gasteiger partial charge in [0.25, 0.3) is 5.91 Å². The molecule has 6 nitrogen and oxygen atoms in total. The Morgan fingerprint density at radius 3 is 2.73 bits per heavy atom. The lowest BCUT2D eigenvalue weighted by Gasteiger charge is -2.11. The summed E-state index contributed by atoms with van der Waals surface area (Å²) < 4.78 is 1.81. The molecule has 1 atom stereocenters. The Balaban J connectivity index is 1.44. The van der Waals surface area contributed by atoms with E-state index >= 15 is 0 Å². The monoisotopic (exact) mass is 346 g/mol. The lowest BCUT2D eigenvalue weighted by molar-refractivity contribution is -0.110. The summed E-state index contributed by atoms with van der Waals surface area (Å²) in [4.78, 5) is 18.0. The minimum absolute atomic E-state index is 0.212. The van der Waals surface area contributed by atoms with Crippen LogP contribution in [0.2, 0.25) is 0 Å². The van der Waals surface area contributed by atoms with Crippen molar-refractivity contribution in [1.82, 2.24) is 9.78 Å². The fraction of sp³-hybridized carbons (Fsp3) is 0.150. The van der Waals surface area contributed by atoms with Gasteiger partial charge < -0.3 is 10.2 Å². The Morgan fingerprint density at radius 1 is 1.12 bits per heavy atom. The van der Waals surface area contributed by atoms with Crippen molar-refractivity contribution in [3.05, 3.63) is 84.2 Å². The second-order valence-corrected chi connectivity index (χ2v) is 6.06. The molecule has 1 aliphatic rings. The number of para-hydroxylation sites is 1. The number of aromatic nitrogens is 2. The minimum atomic E-state index is -0.239. The van der Waals surface area contributed by atoms with Crippen LogP contribution in [0.1, 0.15) is 23.7 Å². The molecule has 1 unspecified atom stereocenters. The van der Waals surface area contributed by atoms with E-state index in [1.54, 1.807) is 6.20 Å². The highest BCUT2D eigenvalue weighted by Crippen LogP contribution is 2.27. The molecule has 6 heteroatoms. The molecule has 1 aliphatic heterocycles. The molecule has 1 aromatic heterocycles. The van der Waals surface area contributed by atoms with Gasteiger partial charge in [0.05, 0.1) is 6.54 Å². The van der Waals surface area contributed by atoms with Crippen molar-refractivity contribution in [3.8, 4) is 0 Å². The standard InChI is InChI=1S/C20H18N4O2/c25-20(18-13-19(26-23-18)15-7-2-1-3-8-15)22-17-10-5-4-9-16(17)14-24-12-6-11-21-24/h1-12,19H,13-14H2,(H,22,25). The van der Waals surface area contributed by atoms with E-state index in [4.69, 9.17) is 4.84 Å². The van der Waals surface area contributed by atoms with Gasteiger partial charge in [0.2, 0.25) is 0 Å². The number of anilines is 1. The Kier molecular flexibility index (Phi) is 4.47. The number of amides is 1. The van der Waals surface area contributed by atoms with E-state index in [0.717, 1.165) is 16.8 Å². The van der Waals surface area contributed by atoms with Crippen LogP contribution in [0.15, 0.2) is 78.2 Å². The van der Waals surface area contributed by atoms with Crippen LogP contribution in [-0.4, -0.2) is 21.4 Å². The fourth-order valence-corrected chi connectivity index (χ4v) is 2.90. The number of oxime groups is 1. The second kappa shape index (κ2) is 7.23. The summed E-state index contributed by atoms with van der Waals surface area (Å²) in [5, 5.41) is 11.1. The lowest BCUT2D eigenvalue weighted by Crippen LogP contribution is -2.22. The first-order chi connectivity index (χ1) is 12.8. The topological polar surface area (TPSA) is 68.5 Å². The summed E-state index contributed by atoms with van der Waals surface area (Å²) in [6.45, 7) is 0.582. The Morgan fingerprint density at radius 2 is 1.92 bits per heavy atom. The van der Waals surface area contributed by atoms with Crippen LogP contribution in [0.3, 0.4) is 0 Å². The zero-order chi connectivity index (χ0) is 17.8. The third-order valence-corrected chi connectivity index (χ3v) is 4.26. The smallest absolute Gasteiger partial charge is 0.273 e. The molecular weight excluding hydrogens is 328 g/mol. The largest absolute Gasteiger partial charge is 0.387 e. The molecule has 0 radical (unpaired) electrons. The summed E-state index contributed by atoms with van der Waals surface area (Å²) in [5.74, 6) is -0.239. The molecular formula is C20H18N4O2. The van der Waals surface area contributed by atoms with Gasteiger partial charge in [-0.3, -0.25) is 9.48 Å². The lowest BCUT2D eigenvalue weighted by atomic mass is 10.0. The quantitative estimate of drug-likeness (QED) is 0.770. The SMILES string of the molecule is O=C(Nc1ccccc1Cn1cccn1)C1=NOC(c2ccccc2)C1. The number of benzene rings is 2. The molecule has 0 aliphatic carbocycles. The number of carbonyl (C=O) groups excluding carboxylic acids is 1. The number of hydrogen-bond acceptors (Lipinski definition) is 4. The van der Waals surface area contributed by atoms with Crippen molar-refractivity contribution >= 4 is 17.3 Å². The first kappa shape index (κ1) is 16.1. The highest BCUT2D eigenvalue weighted by atomic mass is 16.6. The van der Waals surface area contributed by atoms with Crippen LogP contribution in [-0.2, 0) is 16.2 Å². The molecule has 26 heavy (non-hydrogen) atoms. The van der Waals surface area contributed by atoms with Crippen LogP contribution < -0.4 is 5.32 Å². The number of nitrogens with one attached hydrogen (secondary N) is 1. The van der Waals surface area contributed by atoms with E-state index in [1.807, 2.05) is 71.5 Å². The van der Waals surface area contributed by atoms with Gasteiger partial charge in [-0.2, -0.15) is 5.10 Å². The van der Waals surface area contributed by atoms with Gasteiger partial charge in [0.15, 0.2) is 6.10 Å². The molecule has 4 rings (SSSR count). The fourth-order valence-electron chi connectivity index (χ4n) is 2.90. The zero-order valence-corrected chi connectivity index (χ0v) is 14.1. The van der Waals surface area contributed by atoms with Gasteiger partial charge in [-0.25, -0.2) is 0 Å². The first-order valence-electron chi connectivity index (χ1n) is 8.44. The van der Waals surface area contributed by atoms with E-state index in [1.165, 1.54) is 0 Å². The number of hydrogen-bond donors (Lipinski definition) is 1. The Hall–Kier alpha value is -3.41. The van der Waals surface area contributed by atoms with Crippen LogP contribution in [0.5, 0.6) is 0 Å². The summed E-state index contributed by atoms with van der Waals surface area (Å²) >= 11 is 0. The second-order valence-electron chi connectivity index (χ2n) is 6.06. The molecule has 2 heterocycles. The predicted octanol–water partition coefficient (Wildman–Crippen LogP) is 3.39. The van der Waals surface area contributed by atoms with Gasteiger partial charge >= 0.3 is 0 Å². The van der Waals surface area contributed by atoms with Crippen LogP contribution >= 0.6 is 0 Å². The Bertz CT molecular complexity index is 920. The van der Waals surface area contributed by atoms with E-state index in [-0.39, 0.29) is 12.0 Å². The number of rotatable bonds is 5. The Labute approximate surface area is 151 Å². The van der Waals surface area contributed by atoms with Crippen molar-refractivity contribution in [1.29, 1.82) is 0 Å². The maximum absolute atomic E-state index is 12.6. The molecule has 0 saturated carbocycles. The van der Waals surface area contributed by atoms with Gasteiger partial charge in [-0.15, -0.1) is 0 Å². The van der Waals surface area contributed by atoms with Crippen LogP contribution in [0, 0.1) is 0 Å². The van der Waals surface area contributed by atoms with E-state index < -0.39 is 0 Å². The average molecular weight is 346 g/mol. The van der Waals surface area contributed by atoms with Gasteiger partial charge in [-0.1, -0.05) is 53.7 Å². The van der Waals surface area contributed by atoms with E-state index in [0.29, 0.717) is 18.7 Å². The normalized spacial score (nSPS) is 16.0. The highest BCUT2D eigenvalue weighted by Gasteiger charge is 2.27. The van der Waals surface area contributed by atoms with Crippen molar-refractivity contribution in [2.45, 2.75) is 19.1 Å². The van der Waals surface area contributed by atoms with Crippen molar-refractivity contribution in [2.24, 2.45) is 5.16 Å². The molecule has 2 aromatic carbocycles. The summed E-state index contributed by atoms with van der Waals surface area (Å²) in [7, 11) is 0. The third kappa shape index (κ3) is 3.49. The van der Waals surface area contributed by atoms with Crippen molar-refractivity contribution in [3.63, 3.8) is 0 Å². The summed E-state index contributed by atoms with van der Waals surface area (Å²) in [6, 6.07) is 19.3. The molecule has 1 N–H and O–H groups in total. The summed E-state index contributed by atoms with van der Waals surface area (Å²) in [5.41, 5.74) is 3.13. The number of carbonyl (C=O) groups is 1. The summed E-state index contributed by atoms with van der Waals surface area (Å²) in [6.07, 6.45) is 3.86. The molecule has 130 valence electrons. The third-order valence-electron chi connectivity index (χ3n) is 4.26. The molecule has 1 amide bonds. The molecule has 0 saturated heterocycles. The minimum Gasteiger partial charge on any atom is -0.387 e. The highest BCUT2D eigenvalue weighted by molar-refractivity contribution is 6.43. The first-order valence-corrected chi connectivity index (χ1v) is 8.44. The molecule has 3 aromatic rings. The van der Waals surface area contributed by atoms with Crippen LogP contribution in [0.25, 0.3) is 0 Å². The zero-order valence-electron chi connectivity index (χ0n) is 14.1. The van der Waals surface area contributed by atoms with Gasteiger partial charge in [0, 0.05) is 24.5 Å². The molecule has 0 fully saturated rings. The maximum atomic E-state index is 12.6. The van der Waals surface area contributed by atoms with Crippen molar-refractivity contribution < 1.29 is 9.63 Å². The van der Waals surface area contributed by atoms with Crippen LogP contribution in [0.4, 0.5) is 5.69 Å². The predicted molar refractivity (Wildman–Crippen MR) is 98.7 cm³/mol. The average Bonchev–Trinajstić information content (AvgIpc) is 3.36. The van der Waals surface area contributed by atoms with E-state index in [2.05, 4.69) is 15.6 Å².